The molecule has 8 heteroatoms. The number of H-pyrrole nitrogens is 1. The average molecular weight is 383 g/mol. The Morgan fingerprint density at radius 2 is 1.89 bits per heavy atom. The van der Waals surface area contributed by atoms with Crippen molar-refractivity contribution in [2.75, 3.05) is 32.7 Å². The van der Waals surface area contributed by atoms with Crippen molar-refractivity contribution < 1.29 is 9.59 Å². The Bertz CT molecular complexity index is 929. The fourth-order valence-corrected chi connectivity index (χ4v) is 3.50. The fraction of sp³-hybridized carbons (Fsp3) is 0.500. The zero-order valence-electron chi connectivity index (χ0n) is 15.8. The summed E-state index contributed by atoms with van der Waals surface area (Å²) in [4.78, 5) is 47.6. The summed E-state index contributed by atoms with van der Waals surface area (Å²) in [5, 5.41) is 3.55. The van der Waals surface area contributed by atoms with Crippen LogP contribution >= 0.6 is 0 Å². The number of benzene rings is 1. The molecule has 2 aliphatic rings. The van der Waals surface area contributed by atoms with Crippen LogP contribution in [-0.4, -0.2) is 70.3 Å². The van der Waals surface area contributed by atoms with Crippen LogP contribution in [0, 0.1) is 0 Å². The summed E-state index contributed by atoms with van der Waals surface area (Å²) < 4.78 is 0. The lowest BCUT2D eigenvalue weighted by atomic mass is 10.2. The van der Waals surface area contributed by atoms with E-state index in [0.29, 0.717) is 68.3 Å². The Labute approximate surface area is 162 Å². The molecule has 1 aromatic carbocycles. The number of aryl methyl sites for hydroxylation is 1. The number of nitrogens with zero attached hydrogens (tertiary/aromatic N) is 3. The molecular formula is C20H25N5O3. The van der Waals surface area contributed by atoms with E-state index in [4.69, 9.17) is 0 Å². The van der Waals surface area contributed by atoms with Gasteiger partial charge in [0.15, 0.2) is 0 Å². The van der Waals surface area contributed by atoms with Gasteiger partial charge in [0.25, 0.3) is 5.56 Å². The molecule has 0 spiro atoms. The number of carbonyl (C=O) groups is 2. The van der Waals surface area contributed by atoms with Gasteiger partial charge < -0.3 is 15.2 Å². The van der Waals surface area contributed by atoms with Gasteiger partial charge in [0, 0.05) is 45.1 Å². The van der Waals surface area contributed by atoms with Crippen molar-refractivity contribution in [1.29, 1.82) is 0 Å². The number of fused-ring (bicyclic) bond motifs is 1. The number of nitrogens with one attached hydrogen (secondary N) is 2. The van der Waals surface area contributed by atoms with Crippen LogP contribution in [0.25, 0.3) is 10.9 Å². The van der Waals surface area contributed by atoms with Gasteiger partial charge in [-0.3, -0.25) is 19.3 Å². The molecule has 2 heterocycles. The zero-order valence-corrected chi connectivity index (χ0v) is 15.8. The molecule has 1 saturated carbocycles. The summed E-state index contributed by atoms with van der Waals surface area (Å²) in [5.74, 6) is 0.666. The number of piperazine rings is 1. The Morgan fingerprint density at radius 3 is 2.64 bits per heavy atom. The minimum atomic E-state index is -0.175. The number of hydrogen-bond acceptors (Lipinski definition) is 5. The highest BCUT2D eigenvalue weighted by Gasteiger charge is 2.26. The summed E-state index contributed by atoms with van der Waals surface area (Å²) in [6, 6.07) is 7.56. The van der Waals surface area contributed by atoms with Crippen LogP contribution in [0.4, 0.5) is 0 Å². The molecule has 1 aromatic heterocycles. The van der Waals surface area contributed by atoms with Gasteiger partial charge in [-0.2, -0.15) is 0 Å². The van der Waals surface area contributed by atoms with Crippen LogP contribution in [0.5, 0.6) is 0 Å². The molecule has 1 saturated heterocycles. The molecule has 2 aromatic rings. The summed E-state index contributed by atoms with van der Waals surface area (Å²) in [7, 11) is 0. The minimum absolute atomic E-state index is 0.0536. The first kappa shape index (κ1) is 18.6. The molecular weight excluding hydrogens is 358 g/mol. The van der Waals surface area contributed by atoms with E-state index in [9.17, 15) is 14.4 Å². The van der Waals surface area contributed by atoms with Gasteiger partial charge in [0.1, 0.15) is 5.82 Å². The van der Waals surface area contributed by atoms with Gasteiger partial charge >= 0.3 is 0 Å². The normalized spacial score (nSPS) is 17.6. The molecule has 1 aliphatic carbocycles. The van der Waals surface area contributed by atoms with Crippen molar-refractivity contribution in [3.8, 4) is 0 Å². The first-order valence-electron chi connectivity index (χ1n) is 9.86. The Kier molecular flexibility index (Phi) is 5.38. The number of aromatic nitrogens is 2. The quantitative estimate of drug-likeness (QED) is 0.747. The molecule has 0 radical (unpaired) electrons. The van der Waals surface area contributed by atoms with E-state index in [0.717, 1.165) is 12.8 Å². The number of rotatable bonds is 6. The summed E-state index contributed by atoms with van der Waals surface area (Å²) in [5.41, 5.74) is 0.470. The highest BCUT2D eigenvalue weighted by atomic mass is 16.2. The molecule has 1 aliphatic heterocycles. The largest absolute Gasteiger partial charge is 0.352 e. The molecule has 0 bridgehead atoms. The molecule has 148 valence electrons. The Balaban J connectivity index is 1.25. The highest BCUT2D eigenvalue weighted by Crippen LogP contribution is 2.18. The molecule has 8 nitrogen and oxygen atoms in total. The number of para-hydroxylation sites is 1. The van der Waals surface area contributed by atoms with Gasteiger partial charge in [0.2, 0.25) is 11.8 Å². The van der Waals surface area contributed by atoms with E-state index in [1.165, 1.54) is 0 Å². The minimum Gasteiger partial charge on any atom is -0.352 e. The lowest BCUT2D eigenvalue weighted by Gasteiger charge is -2.34. The van der Waals surface area contributed by atoms with Crippen LogP contribution < -0.4 is 10.9 Å². The van der Waals surface area contributed by atoms with E-state index in [1.54, 1.807) is 18.2 Å². The topological polar surface area (TPSA) is 98.4 Å². The molecule has 2 N–H and O–H groups in total. The van der Waals surface area contributed by atoms with E-state index in [2.05, 4.69) is 20.2 Å². The van der Waals surface area contributed by atoms with Crippen LogP contribution in [0.2, 0.25) is 0 Å². The SMILES string of the molecule is O=C(CN1CCN(C(=O)CCc2nc3ccccc3c(=O)[nH]2)CC1)NC1CC1. The van der Waals surface area contributed by atoms with E-state index in [-0.39, 0.29) is 17.4 Å². The third-order valence-corrected chi connectivity index (χ3v) is 5.27. The number of hydrogen-bond donors (Lipinski definition) is 2. The lowest BCUT2D eigenvalue weighted by Crippen LogP contribution is -2.51. The first-order valence-corrected chi connectivity index (χ1v) is 9.86. The monoisotopic (exact) mass is 383 g/mol. The first-order chi connectivity index (χ1) is 13.6. The number of amides is 2. The molecule has 2 amide bonds. The van der Waals surface area contributed by atoms with Crippen LogP contribution in [0.3, 0.4) is 0 Å². The van der Waals surface area contributed by atoms with Crippen molar-refractivity contribution in [1.82, 2.24) is 25.1 Å². The third-order valence-electron chi connectivity index (χ3n) is 5.27. The van der Waals surface area contributed by atoms with Gasteiger partial charge in [0.05, 0.1) is 17.4 Å². The van der Waals surface area contributed by atoms with Crippen molar-refractivity contribution in [2.45, 2.75) is 31.7 Å². The standard InChI is InChI=1S/C20H25N5O3/c26-18(21-14-5-6-14)13-24-9-11-25(12-10-24)19(27)8-7-17-22-16-4-2-1-3-15(16)20(28)23-17/h1-4,14H,5-13H2,(H,21,26)(H,22,23,28). The lowest BCUT2D eigenvalue weighted by molar-refractivity contribution is -0.133. The Hall–Kier alpha value is -2.74. The Morgan fingerprint density at radius 1 is 1.14 bits per heavy atom. The summed E-state index contributed by atoms with van der Waals surface area (Å²) in [6.07, 6.45) is 2.89. The van der Waals surface area contributed by atoms with Crippen molar-refractivity contribution in [2.24, 2.45) is 0 Å². The van der Waals surface area contributed by atoms with E-state index >= 15 is 0 Å². The van der Waals surface area contributed by atoms with E-state index in [1.807, 2.05) is 11.0 Å². The van der Waals surface area contributed by atoms with Crippen molar-refractivity contribution in [3.05, 3.63) is 40.4 Å². The second-order valence-electron chi connectivity index (χ2n) is 7.53. The molecule has 0 unspecified atom stereocenters. The zero-order chi connectivity index (χ0) is 19.5. The third kappa shape index (κ3) is 4.56. The second-order valence-corrected chi connectivity index (χ2v) is 7.53. The van der Waals surface area contributed by atoms with Crippen LogP contribution in [0.1, 0.15) is 25.1 Å². The van der Waals surface area contributed by atoms with Crippen LogP contribution in [0.15, 0.2) is 29.1 Å². The molecule has 4 rings (SSSR count). The maximum absolute atomic E-state index is 12.5. The van der Waals surface area contributed by atoms with Gasteiger partial charge in [-0.1, -0.05) is 12.1 Å². The summed E-state index contributed by atoms with van der Waals surface area (Å²) in [6.45, 7) is 3.05. The van der Waals surface area contributed by atoms with Gasteiger partial charge in [-0.05, 0) is 25.0 Å². The second kappa shape index (κ2) is 8.10. The number of carbonyl (C=O) groups excluding carboxylic acids is 2. The molecule has 0 atom stereocenters. The smallest absolute Gasteiger partial charge is 0.258 e. The van der Waals surface area contributed by atoms with E-state index < -0.39 is 0 Å². The predicted molar refractivity (Wildman–Crippen MR) is 105 cm³/mol. The van der Waals surface area contributed by atoms with Crippen molar-refractivity contribution >= 4 is 22.7 Å². The van der Waals surface area contributed by atoms with Gasteiger partial charge in [-0.15, -0.1) is 0 Å². The average Bonchev–Trinajstić information content (AvgIpc) is 3.50. The van der Waals surface area contributed by atoms with Crippen molar-refractivity contribution in [3.63, 3.8) is 0 Å². The number of aromatic amines is 1. The fourth-order valence-electron chi connectivity index (χ4n) is 3.50. The van der Waals surface area contributed by atoms with Gasteiger partial charge in [-0.25, -0.2) is 4.98 Å². The van der Waals surface area contributed by atoms with Crippen LogP contribution in [-0.2, 0) is 16.0 Å². The highest BCUT2D eigenvalue weighted by molar-refractivity contribution is 5.79. The molecule has 28 heavy (non-hydrogen) atoms. The maximum Gasteiger partial charge on any atom is 0.258 e. The maximum atomic E-state index is 12.5. The molecule has 2 fully saturated rings. The predicted octanol–water partition coefficient (Wildman–Crippen LogP) is 0.279. The summed E-state index contributed by atoms with van der Waals surface area (Å²) >= 11 is 0.